The lowest BCUT2D eigenvalue weighted by molar-refractivity contribution is -0.119. The molecule has 1 amide bonds. The minimum atomic E-state index is -0.00753. The number of hydrogen-bond acceptors (Lipinski definition) is 5. The van der Waals surface area contributed by atoms with Gasteiger partial charge in [0, 0.05) is 42.9 Å². The lowest BCUT2D eigenvalue weighted by Gasteiger charge is -2.12. The molecule has 2 aromatic carbocycles. The van der Waals surface area contributed by atoms with Gasteiger partial charge < -0.3 is 14.8 Å². The zero-order valence-electron chi connectivity index (χ0n) is 25.2. The van der Waals surface area contributed by atoms with E-state index in [1.54, 1.807) is 19.3 Å². The maximum Gasteiger partial charge on any atom is 0.316 e. The van der Waals surface area contributed by atoms with Crippen LogP contribution in [0.25, 0.3) is 0 Å². The van der Waals surface area contributed by atoms with E-state index in [-0.39, 0.29) is 23.8 Å². The summed E-state index contributed by atoms with van der Waals surface area (Å²) in [5, 5.41) is 2.89. The zero-order valence-corrected chi connectivity index (χ0v) is 25.2. The molecule has 0 saturated heterocycles. The monoisotopic (exact) mass is 563 g/mol. The molecule has 4 rings (SSSR count). The number of nitrogens with zero attached hydrogens (tertiary/aromatic N) is 2. The molecule has 1 heterocycles. The third kappa shape index (κ3) is 12.0. The molecular weight excluding hydrogens is 522 g/mol. The largest absolute Gasteiger partial charge is 0.460 e. The molecule has 1 N–H and O–H groups in total. The van der Waals surface area contributed by atoms with Gasteiger partial charge >= 0.3 is 6.01 Å². The number of amides is 1. The van der Waals surface area contributed by atoms with Crippen LogP contribution in [0.1, 0.15) is 87.6 Å². The topological polar surface area (TPSA) is 81.2 Å². The van der Waals surface area contributed by atoms with E-state index in [4.69, 9.17) is 11.2 Å². The molecule has 42 heavy (non-hydrogen) atoms. The van der Waals surface area contributed by atoms with Crippen LogP contribution in [0, 0.1) is 30.1 Å². The van der Waals surface area contributed by atoms with Crippen LogP contribution in [0.2, 0.25) is 0 Å². The van der Waals surface area contributed by atoms with Crippen molar-refractivity contribution in [2.75, 3.05) is 0 Å². The molecule has 218 valence electrons. The fourth-order valence-corrected chi connectivity index (χ4v) is 4.92. The molecule has 1 saturated carbocycles. The highest BCUT2D eigenvalue weighted by molar-refractivity contribution is 5.75. The van der Waals surface area contributed by atoms with Gasteiger partial charge in [-0.25, -0.2) is 9.97 Å². The molecule has 1 aliphatic rings. The zero-order chi connectivity index (χ0) is 30.3. The first kappa shape index (κ1) is 32.1. The summed E-state index contributed by atoms with van der Waals surface area (Å²) < 4.78 is 5.77. The number of Topliss-reactive ketones (excluding diaryl/α,β-unsaturated/α-hetero) is 1. The number of ether oxygens (including phenoxy) is 1. The third-order valence-corrected chi connectivity index (χ3v) is 6.84. The Morgan fingerprint density at radius 2 is 1.43 bits per heavy atom. The van der Waals surface area contributed by atoms with Gasteiger partial charge in [-0.1, -0.05) is 49.0 Å². The predicted octanol–water partition coefficient (Wildman–Crippen LogP) is 6.09. The summed E-state index contributed by atoms with van der Waals surface area (Å²) in [4.78, 5) is 30.5. The smallest absolute Gasteiger partial charge is 0.316 e. The predicted molar refractivity (Wildman–Crippen MR) is 167 cm³/mol. The quantitative estimate of drug-likeness (QED) is 0.319. The van der Waals surface area contributed by atoms with Crippen LogP contribution >= 0.6 is 0 Å². The van der Waals surface area contributed by atoms with Gasteiger partial charge in [0.15, 0.2) is 0 Å². The molecule has 0 radical (unpaired) electrons. The summed E-state index contributed by atoms with van der Waals surface area (Å²) in [6, 6.07) is 16.5. The molecule has 1 aromatic heterocycles. The lowest BCUT2D eigenvalue weighted by atomic mass is 9.96. The Balaban J connectivity index is 0.000000274. The van der Waals surface area contributed by atoms with Gasteiger partial charge in [-0.05, 0) is 93.7 Å². The van der Waals surface area contributed by atoms with Crippen molar-refractivity contribution < 1.29 is 14.3 Å². The summed E-state index contributed by atoms with van der Waals surface area (Å²) >= 11 is 0. The Morgan fingerprint density at radius 1 is 0.881 bits per heavy atom. The Kier molecular flexibility index (Phi) is 12.8. The molecule has 3 aromatic rings. The second-order valence-corrected chi connectivity index (χ2v) is 11.1. The molecular formula is C36H41N3O3. The van der Waals surface area contributed by atoms with E-state index in [2.05, 4.69) is 40.0 Å². The van der Waals surface area contributed by atoms with Crippen LogP contribution < -0.4 is 10.1 Å². The normalized spacial score (nSPS) is 13.8. The number of rotatable bonds is 9. The minimum absolute atomic E-state index is 0.00753. The first-order chi connectivity index (χ1) is 20.2. The highest BCUT2D eigenvalue weighted by Crippen LogP contribution is 2.21. The van der Waals surface area contributed by atoms with Crippen molar-refractivity contribution in [1.29, 1.82) is 0 Å². The van der Waals surface area contributed by atoms with Crippen LogP contribution in [0.4, 0.5) is 0 Å². The van der Waals surface area contributed by atoms with E-state index >= 15 is 0 Å². The Bertz CT molecular complexity index is 1390. The second-order valence-electron chi connectivity index (χ2n) is 11.1. The molecule has 1 fully saturated rings. The minimum Gasteiger partial charge on any atom is -0.460 e. The summed E-state index contributed by atoms with van der Waals surface area (Å²) in [6.07, 6.45) is 15.9. The summed E-state index contributed by atoms with van der Waals surface area (Å²) in [5.74, 6) is 9.44. The van der Waals surface area contributed by atoms with Crippen molar-refractivity contribution >= 4 is 11.7 Å². The van der Waals surface area contributed by atoms with Crippen molar-refractivity contribution in [3.63, 3.8) is 0 Å². The van der Waals surface area contributed by atoms with E-state index in [0.717, 1.165) is 42.4 Å². The average Bonchev–Trinajstić information content (AvgIpc) is 3.46. The standard InChI is InChI=1S/C22H25N3O2.C14H16O/c1-16(25-17(2)26)13-19-10-7-18(8-11-19)9-12-20-14-23-22(24-15-20)27-21-5-3-4-6-21;1-4-13-5-7-14(8-6-13)10-11(2)9-12(3)15/h7-8,10-11,14-16,21H,3-6,13H2,1-2H3,(H,25,26);1,5-8,11H,9-10H2,2-3H3. The van der Waals surface area contributed by atoms with E-state index in [9.17, 15) is 9.59 Å². The van der Waals surface area contributed by atoms with Crippen LogP contribution in [0.3, 0.4) is 0 Å². The van der Waals surface area contributed by atoms with Gasteiger partial charge in [-0.15, -0.1) is 6.42 Å². The van der Waals surface area contributed by atoms with Gasteiger partial charge in [0.05, 0.1) is 5.56 Å². The van der Waals surface area contributed by atoms with E-state index < -0.39 is 0 Å². The number of hydrogen-bond donors (Lipinski definition) is 1. The summed E-state index contributed by atoms with van der Waals surface area (Å²) in [5.41, 5.74) is 4.99. The molecule has 1 aliphatic carbocycles. The summed E-state index contributed by atoms with van der Waals surface area (Å²) in [6.45, 7) is 7.26. The van der Waals surface area contributed by atoms with Crippen LogP contribution in [0.15, 0.2) is 60.9 Å². The SMILES string of the molecule is C#Cc1ccc(CC(C)CC(C)=O)cc1.CC(=O)NC(C)Cc1ccc(C#Cc2cnc(OC3CCCC3)nc2)cc1. The van der Waals surface area contributed by atoms with Crippen molar-refractivity contribution in [2.45, 2.75) is 84.8 Å². The van der Waals surface area contributed by atoms with Gasteiger partial charge in [0.25, 0.3) is 0 Å². The molecule has 0 bridgehead atoms. The fraction of sp³-hybridized carbons (Fsp3) is 0.389. The summed E-state index contributed by atoms with van der Waals surface area (Å²) in [7, 11) is 0. The van der Waals surface area contributed by atoms with Crippen molar-refractivity contribution in [1.82, 2.24) is 15.3 Å². The number of carbonyl (C=O) groups is 2. The van der Waals surface area contributed by atoms with Gasteiger partial charge in [-0.2, -0.15) is 0 Å². The van der Waals surface area contributed by atoms with Gasteiger partial charge in [-0.3, -0.25) is 4.79 Å². The van der Waals surface area contributed by atoms with Crippen molar-refractivity contribution in [3.05, 3.63) is 88.7 Å². The first-order valence-corrected chi connectivity index (χ1v) is 14.6. The number of carbonyl (C=O) groups excluding carboxylic acids is 2. The Labute approximate surface area is 250 Å². The third-order valence-electron chi connectivity index (χ3n) is 6.84. The van der Waals surface area contributed by atoms with E-state index in [1.165, 1.54) is 30.9 Å². The van der Waals surface area contributed by atoms with Crippen molar-refractivity contribution in [2.24, 2.45) is 5.92 Å². The number of aromatic nitrogens is 2. The number of ketones is 1. The lowest BCUT2D eigenvalue weighted by Crippen LogP contribution is -2.31. The maximum absolute atomic E-state index is 11.1. The molecule has 6 heteroatoms. The molecule has 2 atom stereocenters. The van der Waals surface area contributed by atoms with Crippen molar-refractivity contribution in [3.8, 4) is 30.2 Å². The van der Waals surface area contributed by atoms with Gasteiger partial charge in [0.2, 0.25) is 5.91 Å². The highest BCUT2D eigenvalue weighted by Gasteiger charge is 2.17. The van der Waals surface area contributed by atoms with Crippen LogP contribution in [0.5, 0.6) is 6.01 Å². The molecule has 2 unspecified atom stereocenters. The molecule has 0 spiro atoms. The van der Waals surface area contributed by atoms with E-state index in [1.807, 2.05) is 55.5 Å². The average molecular weight is 564 g/mol. The highest BCUT2D eigenvalue weighted by atomic mass is 16.5. The molecule has 0 aliphatic heterocycles. The number of benzene rings is 2. The number of nitrogens with one attached hydrogen (secondary N) is 1. The number of terminal acetylenes is 1. The van der Waals surface area contributed by atoms with Crippen LogP contribution in [-0.2, 0) is 22.4 Å². The van der Waals surface area contributed by atoms with E-state index in [0.29, 0.717) is 18.3 Å². The van der Waals surface area contributed by atoms with Gasteiger partial charge in [0.1, 0.15) is 11.9 Å². The fourth-order valence-electron chi connectivity index (χ4n) is 4.92. The maximum atomic E-state index is 11.1. The Morgan fingerprint density at radius 3 is 1.98 bits per heavy atom. The van der Waals surface area contributed by atoms with Crippen LogP contribution in [-0.4, -0.2) is 33.8 Å². The first-order valence-electron chi connectivity index (χ1n) is 14.6. The molecule has 6 nitrogen and oxygen atoms in total. The second kappa shape index (κ2) is 16.7. The Hall–Kier alpha value is -4.42.